The highest BCUT2D eigenvalue weighted by atomic mass is 32.1. The Morgan fingerprint density at radius 2 is 1.85 bits per heavy atom. The van der Waals surface area contributed by atoms with Crippen LogP contribution in [0.4, 0.5) is 0 Å². The van der Waals surface area contributed by atoms with Crippen LogP contribution in [0.2, 0.25) is 0 Å². The van der Waals surface area contributed by atoms with Crippen LogP contribution in [0, 0.1) is 22.7 Å². The number of nitrogens with one attached hydrogen (secondary N) is 1. The molecule has 4 rings (SSSR count). The van der Waals surface area contributed by atoms with E-state index < -0.39 is 5.41 Å². The Bertz CT molecular complexity index is 750. The normalized spacial score (nSPS) is 32.2. The molecular formula is C25H40N4O4S. The molecule has 9 heteroatoms. The number of carbonyl (C=O) groups is 2. The molecule has 34 heavy (non-hydrogen) atoms. The summed E-state index contributed by atoms with van der Waals surface area (Å²) in [5, 5.41) is 13.7. The molecule has 3 saturated heterocycles. The average molecular weight is 493 g/mol. The fourth-order valence-electron chi connectivity index (χ4n) is 6.29. The Morgan fingerprint density at radius 1 is 1.09 bits per heavy atom. The zero-order valence-corrected chi connectivity index (χ0v) is 21.1. The van der Waals surface area contributed by atoms with Gasteiger partial charge in [0, 0.05) is 51.7 Å². The van der Waals surface area contributed by atoms with Crippen molar-refractivity contribution in [1.29, 1.82) is 5.26 Å². The molecule has 1 N–H and O–H groups in total. The molecule has 2 amide bonds. The molecule has 3 aliphatic heterocycles. The molecule has 4 atom stereocenters. The van der Waals surface area contributed by atoms with E-state index in [4.69, 9.17) is 9.47 Å². The van der Waals surface area contributed by atoms with E-state index in [1.807, 2.05) is 0 Å². The van der Waals surface area contributed by atoms with E-state index >= 15 is 0 Å². The van der Waals surface area contributed by atoms with E-state index in [-0.39, 0.29) is 36.1 Å². The number of morpholine rings is 1. The number of thiol groups is 1. The first kappa shape index (κ1) is 25.7. The Balaban J connectivity index is 1.40. The summed E-state index contributed by atoms with van der Waals surface area (Å²) in [6.45, 7) is 4.56. The number of rotatable bonds is 7. The largest absolute Gasteiger partial charge is 0.378 e. The van der Waals surface area contributed by atoms with E-state index in [0.29, 0.717) is 51.4 Å². The van der Waals surface area contributed by atoms with Crippen molar-refractivity contribution in [1.82, 2.24) is 15.1 Å². The zero-order valence-electron chi connectivity index (χ0n) is 20.3. The van der Waals surface area contributed by atoms with Crippen LogP contribution in [0.15, 0.2) is 0 Å². The van der Waals surface area contributed by atoms with Crippen molar-refractivity contribution in [2.24, 2.45) is 11.3 Å². The highest BCUT2D eigenvalue weighted by molar-refractivity contribution is 7.80. The molecule has 0 aromatic heterocycles. The molecule has 0 aromatic carbocycles. The number of amides is 2. The predicted octanol–water partition coefficient (Wildman–Crippen LogP) is 2.34. The van der Waals surface area contributed by atoms with Crippen LogP contribution in [-0.4, -0.2) is 85.1 Å². The van der Waals surface area contributed by atoms with Crippen LogP contribution >= 0.6 is 12.6 Å². The first-order valence-corrected chi connectivity index (χ1v) is 13.6. The highest BCUT2D eigenvalue weighted by Crippen LogP contribution is 2.42. The summed E-state index contributed by atoms with van der Waals surface area (Å²) in [5.41, 5.74) is -0.635. The van der Waals surface area contributed by atoms with Gasteiger partial charge in [0.1, 0.15) is 5.44 Å². The Labute approximate surface area is 209 Å². The van der Waals surface area contributed by atoms with Gasteiger partial charge in [0.25, 0.3) is 0 Å². The number of hydrogen-bond donors (Lipinski definition) is 2. The van der Waals surface area contributed by atoms with Gasteiger partial charge in [-0.2, -0.15) is 5.26 Å². The van der Waals surface area contributed by atoms with Gasteiger partial charge < -0.3 is 19.7 Å². The van der Waals surface area contributed by atoms with Crippen molar-refractivity contribution in [3.8, 4) is 6.07 Å². The second-order valence-electron chi connectivity index (χ2n) is 10.4. The number of nitriles is 1. The topological polar surface area (TPSA) is 94.9 Å². The van der Waals surface area contributed by atoms with E-state index in [0.717, 1.165) is 51.5 Å². The molecule has 0 bridgehead atoms. The number of hydrogen-bond acceptors (Lipinski definition) is 7. The van der Waals surface area contributed by atoms with Gasteiger partial charge in [-0.25, -0.2) is 0 Å². The maximum Gasteiger partial charge on any atom is 0.223 e. The molecule has 3 heterocycles. The lowest BCUT2D eigenvalue weighted by molar-refractivity contribution is -0.137. The third-order valence-corrected chi connectivity index (χ3v) is 8.63. The van der Waals surface area contributed by atoms with E-state index in [2.05, 4.69) is 28.9 Å². The lowest BCUT2D eigenvalue weighted by atomic mass is 9.70. The second kappa shape index (κ2) is 12.1. The van der Waals surface area contributed by atoms with Crippen LogP contribution in [0.5, 0.6) is 0 Å². The molecule has 1 aliphatic carbocycles. The van der Waals surface area contributed by atoms with Gasteiger partial charge >= 0.3 is 0 Å². The summed E-state index contributed by atoms with van der Waals surface area (Å²) in [7, 11) is 0. The van der Waals surface area contributed by atoms with Gasteiger partial charge in [-0.3, -0.25) is 14.5 Å². The minimum Gasteiger partial charge on any atom is -0.378 e. The summed E-state index contributed by atoms with van der Waals surface area (Å²) in [4.78, 5) is 29.8. The minimum atomic E-state index is -0.587. The lowest BCUT2D eigenvalue weighted by Gasteiger charge is -2.41. The van der Waals surface area contributed by atoms with Crippen molar-refractivity contribution < 1.29 is 19.1 Å². The van der Waals surface area contributed by atoms with Crippen molar-refractivity contribution in [2.45, 2.75) is 81.7 Å². The molecule has 0 aromatic rings. The minimum absolute atomic E-state index is 0.00975. The molecule has 4 unspecified atom stereocenters. The summed E-state index contributed by atoms with van der Waals surface area (Å²) in [6, 6.07) is 2.89. The van der Waals surface area contributed by atoms with Crippen LogP contribution in [0.3, 0.4) is 0 Å². The fraction of sp³-hybridized carbons (Fsp3) is 0.880. The zero-order chi connectivity index (χ0) is 24.0. The molecule has 8 nitrogen and oxygen atoms in total. The van der Waals surface area contributed by atoms with Crippen LogP contribution in [0.25, 0.3) is 0 Å². The molecule has 1 saturated carbocycles. The number of nitrogens with zero attached hydrogens (tertiary/aromatic N) is 3. The Kier molecular flexibility index (Phi) is 9.14. The molecule has 0 spiro atoms. The number of ether oxygens (including phenoxy) is 2. The van der Waals surface area contributed by atoms with Gasteiger partial charge in [0.05, 0.1) is 30.7 Å². The first-order valence-electron chi connectivity index (χ1n) is 13.1. The third kappa shape index (κ3) is 6.26. The van der Waals surface area contributed by atoms with E-state index in [1.54, 1.807) is 4.90 Å². The first-order chi connectivity index (χ1) is 16.5. The summed E-state index contributed by atoms with van der Waals surface area (Å²) in [6.07, 6.45) is 8.62. The van der Waals surface area contributed by atoms with Crippen molar-refractivity contribution in [3.05, 3.63) is 0 Å². The van der Waals surface area contributed by atoms with Gasteiger partial charge in [-0.1, -0.05) is 19.3 Å². The molecular weight excluding hydrogens is 452 g/mol. The predicted molar refractivity (Wildman–Crippen MR) is 131 cm³/mol. The fourth-order valence-corrected chi connectivity index (χ4v) is 6.64. The van der Waals surface area contributed by atoms with Crippen molar-refractivity contribution >= 4 is 24.4 Å². The SMILES string of the molecule is N#CC1(C(NC(=O)CCC(=O)N2CCOCC2)C2CCCCC2)CCN(C2CCOC(S)C2)C1. The highest BCUT2D eigenvalue weighted by Gasteiger charge is 2.50. The monoisotopic (exact) mass is 492 g/mol. The third-order valence-electron chi connectivity index (χ3n) is 8.27. The summed E-state index contributed by atoms with van der Waals surface area (Å²) < 4.78 is 10.9. The molecule has 4 aliphatic rings. The smallest absolute Gasteiger partial charge is 0.223 e. The maximum atomic E-state index is 13.1. The maximum absolute atomic E-state index is 13.1. The molecule has 0 radical (unpaired) electrons. The molecule has 4 fully saturated rings. The van der Waals surface area contributed by atoms with Crippen molar-refractivity contribution in [2.75, 3.05) is 46.0 Å². The van der Waals surface area contributed by atoms with Gasteiger partial charge in [0.2, 0.25) is 11.8 Å². The van der Waals surface area contributed by atoms with E-state index in [1.165, 1.54) is 6.42 Å². The number of carbonyl (C=O) groups excluding carboxylic acids is 2. The van der Waals surface area contributed by atoms with Crippen LogP contribution < -0.4 is 5.32 Å². The van der Waals surface area contributed by atoms with E-state index in [9.17, 15) is 14.9 Å². The standard InChI is InChI=1S/C25H40N4O4S/c26-17-25(9-10-29(18-25)20-8-13-33-23(34)16-20)24(19-4-2-1-3-5-19)27-21(30)6-7-22(31)28-11-14-32-15-12-28/h19-20,23-24,34H,1-16,18H2,(H,27,30). The van der Waals surface area contributed by atoms with Gasteiger partial charge in [-0.15, -0.1) is 12.6 Å². The van der Waals surface area contributed by atoms with Crippen LogP contribution in [-0.2, 0) is 19.1 Å². The van der Waals surface area contributed by atoms with Gasteiger partial charge in [0.15, 0.2) is 0 Å². The lowest BCUT2D eigenvalue weighted by Crippen LogP contribution is -2.54. The summed E-state index contributed by atoms with van der Waals surface area (Å²) in [5.74, 6) is 0.224. The molecule has 190 valence electrons. The van der Waals surface area contributed by atoms with Crippen molar-refractivity contribution in [3.63, 3.8) is 0 Å². The quantitative estimate of drug-likeness (QED) is 0.530. The van der Waals surface area contributed by atoms with Crippen LogP contribution in [0.1, 0.15) is 64.2 Å². The average Bonchev–Trinajstić information content (AvgIpc) is 3.32. The Hall–Kier alpha value is -1.34. The Morgan fingerprint density at radius 3 is 2.56 bits per heavy atom. The van der Waals surface area contributed by atoms with Gasteiger partial charge in [-0.05, 0) is 38.0 Å². The second-order valence-corrected chi connectivity index (χ2v) is 11.0. The number of likely N-dealkylation sites (tertiary alicyclic amines) is 1. The summed E-state index contributed by atoms with van der Waals surface area (Å²) >= 11 is 4.52.